The van der Waals surface area contributed by atoms with Crippen molar-refractivity contribution in [2.24, 2.45) is 0 Å². The number of esters is 1. The van der Waals surface area contributed by atoms with E-state index >= 15 is 0 Å². The molecule has 0 saturated heterocycles. The number of aliphatic hydroxyl groups is 1. The van der Waals surface area contributed by atoms with Crippen molar-refractivity contribution in [2.45, 2.75) is 13.0 Å². The lowest BCUT2D eigenvalue weighted by Gasteiger charge is -2.12. The maximum absolute atomic E-state index is 11.5. The molecule has 0 spiro atoms. The molecule has 7 heteroatoms. The van der Waals surface area contributed by atoms with Gasteiger partial charge in [0.25, 0.3) is 5.91 Å². The van der Waals surface area contributed by atoms with Gasteiger partial charge in [-0.2, -0.15) is 0 Å². The quantitative estimate of drug-likeness (QED) is 0.657. The summed E-state index contributed by atoms with van der Waals surface area (Å²) >= 11 is 0. The maximum atomic E-state index is 11.5. The molecule has 0 saturated carbocycles. The van der Waals surface area contributed by atoms with Crippen LogP contribution in [0.15, 0.2) is 10.6 Å². The van der Waals surface area contributed by atoms with Gasteiger partial charge in [-0.15, -0.1) is 0 Å². The van der Waals surface area contributed by atoms with E-state index in [2.05, 4.69) is 15.2 Å². The molecule has 0 aliphatic carbocycles. The number of aryl methyl sites for hydroxylation is 1. The maximum Gasteiger partial charge on any atom is 0.330 e. The molecule has 0 aliphatic rings. The Morgan fingerprint density at radius 1 is 1.69 bits per heavy atom. The first-order valence-corrected chi connectivity index (χ1v) is 4.51. The number of carbonyl (C=O) groups excluding carboxylic acids is 2. The molecule has 7 nitrogen and oxygen atoms in total. The van der Waals surface area contributed by atoms with Crippen LogP contribution in [0.5, 0.6) is 0 Å². The van der Waals surface area contributed by atoms with Crippen molar-refractivity contribution in [3.8, 4) is 0 Å². The van der Waals surface area contributed by atoms with E-state index in [9.17, 15) is 9.59 Å². The summed E-state index contributed by atoms with van der Waals surface area (Å²) in [7, 11) is 1.16. The number of aromatic nitrogens is 1. The van der Waals surface area contributed by atoms with Gasteiger partial charge < -0.3 is 19.7 Å². The largest absolute Gasteiger partial charge is 0.467 e. The monoisotopic (exact) mass is 228 g/mol. The van der Waals surface area contributed by atoms with E-state index in [0.29, 0.717) is 5.76 Å². The minimum Gasteiger partial charge on any atom is -0.467 e. The first kappa shape index (κ1) is 12.2. The molecule has 0 fully saturated rings. The Labute approximate surface area is 91.4 Å². The van der Waals surface area contributed by atoms with Crippen molar-refractivity contribution in [2.75, 3.05) is 13.7 Å². The van der Waals surface area contributed by atoms with Crippen LogP contribution in [0.1, 0.15) is 16.2 Å². The van der Waals surface area contributed by atoms with E-state index in [-0.39, 0.29) is 5.69 Å². The minimum absolute atomic E-state index is 0.0415. The lowest BCUT2D eigenvalue weighted by molar-refractivity contribution is -0.143. The first-order valence-electron chi connectivity index (χ1n) is 4.51. The molecule has 0 radical (unpaired) electrons. The predicted molar refractivity (Wildman–Crippen MR) is 51.6 cm³/mol. The van der Waals surface area contributed by atoms with E-state index in [1.165, 1.54) is 6.07 Å². The molecule has 2 N–H and O–H groups in total. The highest BCUT2D eigenvalue weighted by molar-refractivity contribution is 5.95. The van der Waals surface area contributed by atoms with E-state index < -0.39 is 24.5 Å². The minimum atomic E-state index is -1.10. The summed E-state index contributed by atoms with van der Waals surface area (Å²) in [6.45, 7) is 1.09. The second kappa shape index (κ2) is 5.26. The van der Waals surface area contributed by atoms with Crippen LogP contribution in [0.4, 0.5) is 0 Å². The van der Waals surface area contributed by atoms with Gasteiger partial charge in [-0.05, 0) is 6.92 Å². The second-order valence-corrected chi connectivity index (χ2v) is 3.05. The molecule has 0 aliphatic heterocycles. The Hall–Kier alpha value is -1.89. The highest BCUT2D eigenvalue weighted by Crippen LogP contribution is 2.01. The second-order valence-electron chi connectivity index (χ2n) is 3.05. The van der Waals surface area contributed by atoms with E-state index in [4.69, 9.17) is 9.63 Å². The zero-order chi connectivity index (χ0) is 12.1. The number of ether oxygens (including phenoxy) is 1. The molecule has 1 aromatic heterocycles. The Morgan fingerprint density at radius 2 is 2.38 bits per heavy atom. The third-order valence-electron chi connectivity index (χ3n) is 1.83. The molecular formula is C9H12N2O5. The molecule has 1 rings (SSSR count). The molecule has 0 aromatic carbocycles. The van der Waals surface area contributed by atoms with Crippen LogP contribution in [0.25, 0.3) is 0 Å². The molecule has 1 atom stereocenters. The Kier molecular flexibility index (Phi) is 4.01. The summed E-state index contributed by atoms with van der Waals surface area (Å²) < 4.78 is 9.09. The van der Waals surface area contributed by atoms with Crippen LogP contribution in [-0.4, -0.2) is 41.9 Å². The van der Waals surface area contributed by atoms with Crippen LogP contribution < -0.4 is 5.32 Å². The summed E-state index contributed by atoms with van der Waals surface area (Å²) in [6, 6.07) is 0.315. The van der Waals surface area contributed by atoms with Gasteiger partial charge in [0.05, 0.1) is 13.7 Å². The highest BCUT2D eigenvalue weighted by Gasteiger charge is 2.22. The number of hydrogen-bond acceptors (Lipinski definition) is 6. The lowest BCUT2D eigenvalue weighted by atomic mass is 10.3. The van der Waals surface area contributed by atoms with Crippen LogP contribution in [0, 0.1) is 6.92 Å². The van der Waals surface area contributed by atoms with Crippen molar-refractivity contribution < 1.29 is 24.0 Å². The zero-order valence-corrected chi connectivity index (χ0v) is 8.89. The van der Waals surface area contributed by atoms with Crippen LogP contribution in [-0.2, 0) is 9.53 Å². The smallest absolute Gasteiger partial charge is 0.330 e. The van der Waals surface area contributed by atoms with Gasteiger partial charge in [0, 0.05) is 6.07 Å². The van der Waals surface area contributed by atoms with Gasteiger partial charge in [-0.25, -0.2) is 4.79 Å². The summed E-state index contributed by atoms with van der Waals surface area (Å²) in [4.78, 5) is 22.6. The fraction of sp³-hybridized carbons (Fsp3) is 0.444. The van der Waals surface area contributed by atoms with Crippen molar-refractivity contribution in [3.63, 3.8) is 0 Å². The molecule has 1 heterocycles. The number of carbonyl (C=O) groups is 2. The standard InChI is InChI=1S/C9H12N2O5/c1-5-3-6(11-16-5)8(13)10-7(4-12)9(14)15-2/h3,7,12H,4H2,1-2H3,(H,10,13). The van der Waals surface area contributed by atoms with Crippen LogP contribution in [0.2, 0.25) is 0 Å². The topological polar surface area (TPSA) is 102 Å². The number of aliphatic hydroxyl groups excluding tert-OH is 1. The molecule has 88 valence electrons. The normalized spacial score (nSPS) is 11.9. The highest BCUT2D eigenvalue weighted by atomic mass is 16.5. The molecule has 1 unspecified atom stereocenters. The van der Waals surface area contributed by atoms with E-state index in [1.807, 2.05) is 0 Å². The Balaban J connectivity index is 2.66. The third kappa shape index (κ3) is 2.80. The average molecular weight is 228 g/mol. The van der Waals surface area contributed by atoms with Crippen molar-refractivity contribution in [3.05, 3.63) is 17.5 Å². The van der Waals surface area contributed by atoms with Crippen molar-refractivity contribution in [1.82, 2.24) is 10.5 Å². The number of amides is 1. The Morgan fingerprint density at radius 3 is 2.81 bits per heavy atom. The summed E-state index contributed by atoms with van der Waals surface area (Å²) in [5.74, 6) is -0.860. The van der Waals surface area contributed by atoms with Crippen LogP contribution in [0.3, 0.4) is 0 Å². The predicted octanol–water partition coefficient (Wildman–Crippen LogP) is -0.753. The third-order valence-corrected chi connectivity index (χ3v) is 1.83. The summed E-state index contributed by atoms with van der Waals surface area (Å²) in [6.07, 6.45) is 0. The molecule has 0 bridgehead atoms. The number of nitrogens with one attached hydrogen (secondary N) is 1. The van der Waals surface area contributed by atoms with Gasteiger partial charge in [0.2, 0.25) is 0 Å². The van der Waals surface area contributed by atoms with Gasteiger partial charge in [0.15, 0.2) is 11.7 Å². The number of hydrogen-bond donors (Lipinski definition) is 2. The van der Waals surface area contributed by atoms with Gasteiger partial charge >= 0.3 is 5.97 Å². The molecule has 1 aromatic rings. The summed E-state index contributed by atoms with van der Waals surface area (Å²) in [5, 5.41) is 14.6. The summed E-state index contributed by atoms with van der Waals surface area (Å²) in [5.41, 5.74) is 0.0415. The average Bonchev–Trinajstić information content (AvgIpc) is 2.71. The Bertz CT molecular complexity index is 387. The molecule has 16 heavy (non-hydrogen) atoms. The van der Waals surface area contributed by atoms with Crippen molar-refractivity contribution >= 4 is 11.9 Å². The zero-order valence-electron chi connectivity index (χ0n) is 8.89. The molecule has 1 amide bonds. The van der Waals surface area contributed by atoms with Gasteiger partial charge in [-0.1, -0.05) is 5.16 Å². The van der Waals surface area contributed by atoms with E-state index in [0.717, 1.165) is 7.11 Å². The SMILES string of the molecule is COC(=O)C(CO)NC(=O)c1cc(C)on1. The fourth-order valence-electron chi connectivity index (χ4n) is 1.03. The lowest BCUT2D eigenvalue weighted by Crippen LogP contribution is -2.44. The number of nitrogens with zero attached hydrogens (tertiary/aromatic N) is 1. The van der Waals surface area contributed by atoms with E-state index in [1.54, 1.807) is 6.92 Å². The van der Waals surface area contributed by atoms with Crippen LogP contribution >= 0.6 is 0 Å². The van der Waals surface area contributed by atoms with Gasteiger partial charge in [0.1, 0.15) is 5.76 Å². The fourth-order valence-corrected chi connectivity index (χ4v) is 1.03. The first-order chi connectivity index (χ1) is 7.58. The molecular weight excluding hydrogens is 216 g/mol. The number of rotatable bonds is 4. The number of methoxy groups -OCH3 is 1. The van der Waals surface area contributed by atoms with Gasteiger partial charge in [-0.3, -0.25) is 4.79 Å². The van der Waals surface area contributed by atoms with Crippen molar-refractivity contribution in [1.29, 1.82) is 0 Å².